The van der Waals surface area contributed by atoms with Crippen LogP contribution in [0.5, 0.6) is 0 Å². The summed E-state index contributed by atoms with van der Waals surface area (Å²) in [5.41, 5.74) is 5.83. The number of hydrogen-bond acceptors (Lipinski definition) is 2. The normalized spacial score (nSPS) is 24.5. The predicted molar refractivity (Wildman–Crippen MR) is 60.3 cm³/mol. The van der Waals surface area contributed by atoms with Crippen molar-refractivity contribution in [2.75, 3.05) is 0 Å². The van der Waals surface area contributed by atoms with Crippen molar-refractivity contribution in [2.24, 2.45) is 11.7 Å². The lowest BCUT2D eigenvalue weighted by Gasteiger charge is -2.38. The summed E-state index contributed by atoms with van der Waals surface area (Å²) in [7, 11) is 0. The van der Waals surface area contributed by atoms with E-state index in [1.54, 1.807) is 0 Å². The van der Waals surface area contributed by atoms with Gasteiger partial charge in [0.1, 0.15) is 0 Å². The zero-order valence-corrected chi connectivity index (χ0v) is 9.81. The van der Waals surface area contributed by atoms with Crippen LogP contribution in [-0.4, -0.2) is 17.0 Å². The standard InChI is InChI=1S/C12H22N2O/c1-11(2,9-4-5-9)14-10(15)8-12(13)6-3-7-12/h9H,3-8,13H2,1-2H3,(H,14,15). The molecule has 1 amide bonds. The molecule has 2 aliphatic carbocycles. The molecule has 0 saturated heterocycles. The van der Waals surface area contributed by atoms with Crippen molar-refractivity contribution in [1.82, 2.24) is 5.32 Å². The van der Waals surface area contributed by atoms with E-state index in [4.69, 9.17) is 5.73 Å². The lowest BCUT2D eigenvalue weighted by atomic mass is 9.75. The first-order valence-electron chi connectivity index (χ1n) is 6.01. The summed E-state index contributed by atoms with van der Waals surface area (Å²) in [6, 6.07) is 0. The maximum Gasteiger partial charge on any atom is 0.222 e. The molecule has 0 spiro atoms. The van der Waals surface area contributed by atoms with Gasteiger partial charge in [-0.05, 0) is 51.9 Å². The summed E-state index contributed by atoms with van der Waals surface area (Å²) in [6.07, 6.45) is 6.19. The molecule has 3 N–H and O–H groups in total. The number of nitrogens with one attached hydrogen (secondary N) is 1. The second-order valence-electron chi connectivity index (χ2n) is 5.94. The van der Waals surface area contributed by atoms with Crippen LogP contribution in [0.4, 0.5) is 0 Å². The molecule has 2 fully saturated rings. The fourth-order valence-corrected chi connectivity index (χ4v) is 2.44. The third-order valence-electron chi connectivity index (χ3n) is 3.92. The third-order valence-corrected chi connectivity index (χ3v) is 3.92. The minimum absolute atomic E-state index is 0.0306. The molecule has 86 valence electrons. The van der Waals surface area contributed by atoms with E-state index in [0.29, 0.717) is 12.3 Å². The van der Waals surface area contributed by atoms with Crippen LogP contribution in [0.25, 0.3) is 0 Å². The molecular weight excluding hydrogens is 188 g/mol. The van der Waals surface area contributed by atoms with Crippen molar-refractivity contribution in [1.29, 1.82) is 0 Å². The van der Waals surface area contributed by atoms with Crippen molar-refractivity contribution >= 4 is 5.91 Å². The Morgan fingerprint density at radius 3 is 2.47 bits per heavy atom. The highest BCUT2D eigenvalue weighted by atomic mass is 16.1. The molecule has 0 aliphatic heterocycles. The van der Waals surface area contributed by atoms with Crippen molar-refractivity contribution in [2.45, 2.75) is 63.5 Å². The molecule has 3 heteroatoms. The second-order valence-corrected chi connectivity index (χ2v) is 5.94. The van der Waals surface area contributed by atoms with Crippen LogP contribution in [0.1, 0.15) is 52.4 Å². The SMILES string of the molecule is CC(C)(NC(=O)CC1(N)CCC1)C1CC1. The maximum absolute atomic E-state index is 11.8. The lowest BCUT2D eigenvalue weighted by Crippen LogP contribution is -2.53. The quantitative estimate of drug-likeness (QED) is 0.740. The average molecular weight is 210 g/mol. The van der Waals surface area contributed by atoms with E-state index in [9.17, 15) is 4.79 Å². The van der Waals surface area contributed by atoms with E-state index in [-0.39, 0.29) is 17.0 Å². The molecule has 2 aliphatic rings. The Morgan fingerprint density at radius 1 is 1.47 bits per heavy atom. The maximum atomic E-state index is 11.8. The van der Waals surface area contributed by atoms with Crippen LogP contribution < -0.4 is 11.1 Å². The van der Waals surface area contributed by atoms with E-state index in [1.165, 1.54) is 19.3 Å². The van der Waals surface area contributed by atoms with E-state index < -0.39 is 0 Å². The first-order valence-corrected chi connectivity index (χ1v) is 6.01. The van der Waals surface area contributed by atoms with Crippen LogP contribution in [-0.2, 0) is 4.79 Å². The fourth-order valence-electron chi connectivity index (χ4n) is 2.44. The van der Waals surface area contributed by atoms with Gasteiger partial charge in [0.15, 0.2) is 0 Å². The summed E-state index contributed by atoms with van der Waals surface area (Å²) in [6.45, 7) is 4.24. The van der Waals surface area contributed by atoms with Crippen molar-refractivity contribution in [3.63, 3.8) is 0 Å². The molecule has 15 heavy (non-hydrogen) atoms. The Morgan fingerprint density at radius 2 is 2.07 bits per heavy atom. The molecule has 2 saturated carbocycles. The monoisotopic (exact) mass is 210 g/mol. The molecule has 2 rings (SSSR count). The number of amides is 1. The molecular formula is C12H22N2O. The molecule has 0 bridgehead atoms. The number of carbonyl (C=O) groups is 1. The van der Waals surface area contributed by atoms with Gasteiger partial charge in [0.2, 0.25) is 5.91 Å². The van der Waals surface area contributed by atoms with E-state index >= 15 is 0 Å². The van der Waals surface area contributed by atoms with Gasteiger partial charge in [0.05, 0.1) is 0 Å². The van der Waals surface area contributed by atoms with Crippen LogP contribution in [0.15, 0.2) is 0 Å². The number of carbonyl (C=O) groups excluding carboxylic acids is 1. The van der Waals surface area contributed by atoms with Crippen LogP contribution in [0.3, 0.4) is 0 Å². The third kappa shape index (κ3) is 2.51. The van der Waals surface area contributed by atoms with Crippen molar-refractivity contribution in [3.05, 3.63) is 0 Å². The van der Waals surface area contributed by atoms with Gasteiger partial charge in [-0.1, -0.05) is 0 Å². The summed E-state index contributed by atoms with van der Waals surface area (Å²) in [4.78, 5) is 11.8. The van der Waals surface area contributed by atoms with Gasteiger partial charge < -0.3 is 11.1 Å². The molecule has 0 atom stereocenters. The highest BCUT2D eigenvalue weighted by Gasteiger charge is 2.40. The zero-order chi connectivity index (χ0) is 11.1. The Labute approximate surface area is 91.8 Å². The van der Waals surface area contributed by atoms with E-state index in [2.05, 4.69) is 19.2 Å². The molecule has 0 aromatic carbocycles. The van der Waals surface area contributed by atoms with Gasteiger partial charge in [-0.15, -0.1) is 0 Å². The average Bonchev–Trinajstić information content (AvgIpc) is 2.81. The Kier molecular flexibility index (Phi) is 2.53. The van der Waals surface area contributed by atoms with Gasteiger partial charge in [-0.25, -0.2) is 0 Å². The highest BCUT2D eigenvalue weighted by molar-refractivity contribution is 5.78. The van der Waals surface area contributed by atoms with E-state index in [1.807, 2.05) is 0 Å². The fraction of sp³-hybridized carbons (Fsp3) is 0.917. The summed E-state index contributed by atoms with van der Waals surface area (Å²) >= 11 is 0. The molecule has 0 aromatic rings. The summed E-state index contributed by atoms with van der Waals surface area (Å²) in [5, 5.41) is 3.12. The lowest BCUT2D eigenvalue weighted by molar-refractivity contribution is -0.124. The van der Waals surface area contributed by atoms with Gasteiger partial charge in [-0.3, -0.25) is 4.79 Å². The van der Waals surface area contributed by atoms with Crippen LogP contribution >= 0.6 is 0 Å². The largest absolute Gasteiger partial charge is 0.351 e. The van der Waals surface area contributed by atoms with Crippen LogP contribution in [0.2, 0.25) is 0 Å². The molecule has 0 unspecified atom stereocenters. The molecule has 3 nitrogen and oxygen atoms in total. The van der Waals surface area contributed by atoms with Gasteiger partial charge in [-0.2, -0.15) is 0 Å². The van der Waals surface area contributed by atoms with E-state index in [0.717, 1.165) is 12.8 Å². The van der Waals surface area contributed by atoms with Crippen LogP contribution in [0, 0.1) is 5.92 Å². The van der Waals surface area contributed by atoms with Gasteiger partial charge >= 0.3 is 0 Å². The second kappa shape index (κ2) is 3.48. The number of nitrogens with two attached hydrogens (primary N) is 1. The van der Waals surface area contributed by atoms with Crippen molar-refractivity contribution < 1.29 is 4.79 Å². The molecule has 0 heterocycles. The first kappa shape index (κ1) is 10.9. The highest BCUT2D eigenvalue weighted by Crippen LogP contribution is 2.39. The van der Waals surface area contributed by atoms with Crippen molar-refractivity contribution in [3.8, 4) is 0 Å². The first-order chi connectivity index (χ1) is 6.91. The Hall–Kier alpha value is -0.570. The number of rotatable bonds is 4. The minimum atomic E-state index is -0.191. The smallest absolute Gasteiger partial charge is 0.222 e. The minimum Gasteiger partial charge on any atom is -0.351 e. The zero-order valence-electron chi connectivity index (χ0n) is 9.81. The molecule has 0 radical (unpaired) electrons. The topological polar surface area (TPSA) is 55.1 Å². The number of hydrogen-bond donors (Lipinski definition) is 2. The predicted octanol–water partition coefficient (Wildman–Crippen LogP) is 1.56. The van der Waals surface area contributed by atoms with Gasteiger partial charge in [0.25, 0.3) is 0 Å². The van der Waals surface area contributed by atoms with Gasteiger partial charge in [0, 0.05) is 17.5 Å². The molecule has 0 aromatic heterocycles. The summed E-state index contributed by atoms with van der Waals surface area (Å²) < 4.78 is 0. The summed E-state index contributed by atoms with van der Waals surface area (Å²) in [5.74, 6) is 0.811. The Balaban J connectivity index is 1.81. The Bertz CT molecular complexity index is 265.